The number of rotatable bonds is 2. The molecule has 0 saturated heterocycles. The Morgan fingerprint density at radius 2 is 0.971 bits per heavy atom. The summed E-state index contributed by atoms with van der Waals surface area (Å²) in [5.74, 6) is 0. The van der Waals surface area contributed by atoms with Crippen molar-refractivity contribution in [1.82, 2.24) is 9.97 Å². The van der Waals surface area contributed by atoms with Crippen LogP contribution in [-0.2, 0) is 0 Å². The largest absolute Gasteiger partial charge is 0.255 e. The van der Waals surface area contributed by atoms with Crippen molar-refractivity contribution in [2.45, 2.75) is 0 Å². The van der Waals surface area contributed by atoms with E-state index >= 15 is 0 Å². The summed E-state index contributed by atoms with van der Waals surface area (Å²) in [5, 5.41) is 5.36. The fourth-order valence-electron chi connectivity index (χ4n) is 4.59. The van der Waals surface area contributed by atoms with Crippen LogP contribution in [0.1, 0.15) is 0 Å². The Labute approximate surface area is 210 Å². The van der Waals surface area contributed by atoms with Crippen molar-refractivity contribution in [2.24, 2.45) is 0 Å². The molecule has 8 rings (SSSR count). The summed E-state index contributed by atoms with van der Waals surface area (Å²) in [6.07, 6.45) is 3.73. The minimum atomic E-state index is 1.05. The monoisotopic (exact) mass is 506 g/mol. The molecule has 160 valence electrons. The fourth-order valence-corrected chi connectivity index (χ4v) is 9.41. The van der Waals surface area contributed by atoms with Crippen LogP contribution in [-0.4, -0.2) is 9.97 Å². The molecule has 6 heteroatoms. The molecule has 0 aliphatic carbocycles. The molecule has 0 N–H and O–H groups in total. The lowest BCUT2D eigenvalue weighted by Crippen LogP contribution is -1.75. The van der Waals surface area contributed by atoms with Gasteiger partial charge < -0.3 is 0 Å². The Hall–Kier alpha value is -3.16. The van der Waals surface area contributed by atoms with E-state index in [4.69, 9.17) is 0 Å². The predicted octanol–water partition coefficient (Wildman–Crippen LogP) is 9.82. The van der Waals surface area contributed by atoms with Crippen LogP contribution in [0.15, 0.2) is 85.2 Å². The number of aromatic nitrogens is 2. The van der Waals surface area contributed by atoms with E-state index < -0.39 is 0 Å². The van der Waals surface area contributed by atoms with Gasteiger partial charge in [-0.3, -0.25) is 9.97 Å². The SMILES string of the molecule is c1ccc(-c2cc3cc4sc5c6cc7sc(-c8ccccn8)cc7cc6sc5c4cc3s2)nc1. The zero-order chi connectivity index (χ0) is 22.2. The topological polar surface area (TPSA) is 25.8 Å². The summed E-state index contributed by atoms with van der Waals surface area (Å²) < 4.78 is 8.19. The lowest BCUT2D eigenvalue weighted by atomic mass is 10.1. The molecule has 8 aromatic rings. The molecular formula is C28H14N2S4. The van der Waals surface area contributed by atoms with Crippen LogP contribution < -0.4 is 0 Å². The van der Waals surface area contributed by atoms with Crippen molar-refractivity contribution in [2.75, 3.05) is 0 Å². The van der Waals surface area contributed by atoms with Gasteiger partial charge in [0.05, 0.1) is 30.5 Å². The van der Waals surface area contributed by atoms with Crippen molar-refractivity contribution >= 4 is 95.1 Å². The molecular weight excluding hydrogens is 493 g/mol. The van der Waals surface area contributed by atoms with Crippen molar-refractivity contribution in [3.05, 3.63) is 85.2 Å². The molecule has 0 fully saturated rings. The van der Waals surface area contributed by atoms with E-state index in [0.717, 1.165) is 11.4 Å². The van der Waals surface area contributed by atoms with E-state index in [1.165, 1.54) is 59.5 Å². The van der Waals surface area contributed by atoms with Crippen molar-refractivity contribution < 1.29 is 0 Å². The van der Waals surface area contributed by atoms with Gasteiger partial charge in [0.25, 0.3) is 0 Å². The molecule has 0 unspecified atom stereocenters. The summed E-state index contributed by atoms with van der Waals surface area (Å²) in [5.41, 5.74) is 2.09. The molecule has 0 aliphatic rings. The van der Waals surface area contributed by atoms with E-state index in [2.05, 4.69) is 70.6 Å². The molecule has 0 saturated carbocycles. The Bertz CT molecular complexity index is 1860. The quantitative estimate of drug-likeness (QED) is 0.233. The number of hydrogen-bond donors (Lipinski definition) is 0. The molecule has 0 spiro atoms. The standard InChI is InChI=1S/C28H14N2S4/c1-3-7-29-19(5-1)25-11-15-9-23-17(13-21(15)31-25)27-28(33-23)18-14-22-16(10-24(18)34-27)12-26(32-22)20-6-2-4-8-30-20/h1-14H. The lowest BCUT2D eigenvalue weighted by Gasteiger charge is -1.93. The van der Waals surface area contributed by atoms with Crippen molar-refractivity contribution in [3.8, 4) is 21.1 Å². The van der Waals surface area contributed by atoms with Gasteiger partial charge in [-0.25, -0.2) is 0 Å². The normalized spacial score (nSPS) is 12.1. The molecule has 6 aromatic heterocycles. The second kappa shape index (κ2) is 7.17. The van der Waals surface area contributed by atoms with Gasteiger partial charge in [0.15, 0.2) is 0 Å². The third-order valence-corrected chi connectivity index (χ3v) is 10.9. The number of pyridine rings is 2. The van der Waals surface area contributed by atoms with Crippen LogP contribution in [0, 0.1) is 0 Å². The van der Waals surface area contributed by atoms with Crippen molar-refractivity contribution in [1.29, 1.82) is 0 Å². The third-order valence-electron chi connectivity index (χ3n) is 6.19. The summed E-state index contributed by atoms with van der Waals surface area (Å²) in [7, 11) is 0. The van der Waals surface area contributed by atoms with E-state index in [0.29, 0.717) is 0 Å². The summed E-state index contributed by atoms with van der Waals surface area (Å²) in [4.78, 5) is 11.5. The van der Waals surface area contributed by atoms with Gasteiger partial charge in [-0.15, -0.1) is 45.3 Å². The first kappa shape index (κ1) is 19.2. The first-order valence-corrected chi connectivity index (χ1v) is 14.2. The van der Waals surface area contributed by atoms with E-state index in [1.54, 1.807) is 0 Å². The smallest absolute Gasteiger partial charge is 0.0802 e. The molecule has 34 heavy (non-hydrogen) atoms. The summed E-state index contributed by atoms with van der Waals surface area (Å²) in [6.45, 7) is 0. The highest BCUT2D eigenvalue weighted by molar-refractivity contribution is 7.37. The van der Waals surface area contributed by atoms with E-state index in [1.807, 2.05) is 69.9 Å². The Balaban J connectivity index is 1.32. The van der Waals surface area contributed by atoms with Crippen LogP contribution in [0.5, 0.6) is 0 Å². The molecule has 0 bridgehead atoms. The van der Waals surface area contributed by atoms with Gasteiger partial charge in [-0.05, 0) is 71.4 Å². The average Bonchev–Trinajstić information content (AvgIpc) is 3.63. The van der Waals surface area contributed by atoms with Gasteiger partial charge in [0.2, 0.25) is 0 Å². The van der Waals surface area contributed by atoms with Crippen molar-refractivity contribution in [3.63, 3.8) is 0 Å². The van der Waals surface area contributed by atoms with Gasteiger partial charge >= 0.3 is 0 Å². The highest BCUT2D eigenvalue weighted by Gasteiger charge is 2.16. The van der Waals surface area contributed by atoms with E-state index in [9.17, 15) is 0 Å². The molecule has 0 radical (unpaired) electrons. The van der Waals surface area contributed by atoms with Crippen LogP contribution in [0.2, 0.25) is 0 Å². The van der Waals surface area contributed by atoms with Crippen LogP contribution in [0.25, 0.3) is 70.9 Å². The van der Waals surface area contributed by atoms with Gasteiger partial charge in [0.1, 0.15) is 0 Å². The minimum absolute atomic E-state index is 1.05. The highest BCUT2D eigenvalue weighted by Crippen LogP contribution is 2.48. The van der Waals surface area contributed by atoms with Gasteiger partial charge in [-0.2, -0.15) is 0 Å². The molecule has 0 amide bonds. The third kappa shape index (κ3) is 2.83. The van der Waals surface area contributed by atoms with Gasteiger partial charge in [0, 0.05) is 42.0 Å². The maximum absolute atomic E-state index is 4.54. The first-order valence-electron chi connectivity index (χ1n) is 10.9. The molecule has 0 aliphatic heterocycles. The second-order valence-corrected chi connectivity index (χ2v) is 12.6. The zero-order valence-corrected chi connectivity index (χ0v) is 20.9. The maximum Gasteiger partial charge on any atom is 0.0802 e. The Morgan fingerprint density at radius 1 is 0.471 bits per heavy atom. The number of hydrogen-bond acceptors (Lipinski definition) is 6. The van der Waals surface area contributed by atoms with Crippen LogP contribution in [0.4, 0.5) is 0 Å². The number of benzene rings is 2. The molecule has 2 aromatic carbocycles. The molecule has 0 atom stereocenters. The number of thiophene rings is 4. The zero-order valence-electron chi connectivity index (χ0n) is 17.6. The van der Waals surface area contributed by atoms with Gasteiger partial charge in [-0.1, -0.05) is 12.1 Å². The summed E-state index contributed by atoms with van der Waals surface area (Å²) in [6, 6.07) is 26.3. The minimum Gasteiger partial charge on any atom is -0.255 e. The van der Waals surface area contributed by atoms with Crippen LogP contribution in [0.3, 0.4) is 0 Å². The highest BCUT2D eigenvalue weighted by atomic mass is 32.1. The first-order chi connectivity index (χ1) is 16.8. The molecule has 2 nitrogen and oxygen atoms in total. The number of nitrogens with zero attached hydrogens (tertiary/aromatic N) is 2. The lowest BCUT2D eigenvalue weighted by molar-refractivity contribution is 1.34. The number of fused-ring (bicyclic) bond motifs is 7. The van der Waals surface area contributed by atoms with E-state index in [-0.39, 0.29) is 0 Å². The predicted molar refractivity (Wildman–Crippen MR) is 152 cm³/mol. The summed E-state index contributed by atoms with van der Waals surface area (Å²) >= 11 is 7.50. The molecule has 6 heterocycles. The fraction of sp³-hybridized carbons (Fsp3) is 0. The average molecular weight is 507 g/mol. The van der Waals surface area contributed by atoms with Crippen LogP contribution >= 0.6 is 45.3 Å². The Morgan fingerprint density at radius 3 is 1.41 bits per heavy atom. The Kier molecular flexibility index (Phi) is 4.04. The maximum atomic E-state index is 4.54. The second-order valence-electron chi connectivity index (χ2n) is 8.29.